The Morgan fingerprint density at radius 1 is 1.23 bits per heavy atom. The van der Waals surface area contributed by atoms with E-state index in [2.05, 4.69) is 10.3 Å². The van der Waals surface area contributed by atoms with Crippen LogP contribution in [-0.2, 0) is 19.6 Å². The SMILES string of the molecule is O=C(O)CCCCCNC(=O)C1CCN(S(=O)(=O)c2cccnc2)CC1. The van der Waals surface area contributed by atoms with Crippen LogP contribution in [0.1, 0.15) is 38.5 Å². The van der Waals surface area contributed by atoms with Gasteiger partial charge in [-0.05, 0) is 37.8 Å². The first-order valence-electron chi connectivity index (χ1n) is 8.81. The molecule has 0 aliphatic carbocycles. The second-order valence-corrected chi connectivity index (χ2v) is 8.30. The standard InChI is InChI=1S/C17H25N3O5S/c21-16(22)6-2-1-3-10-19-17(23)14-7-11-20(12-8-14)26(24,25)15-5-4-9-18-13-15/h4-5,9,13-14H,1-3,6-8,10-12H2,(H,19,23)(H,21,22). The molecule has 8 nitrogen and oxygen atoms in total. The Bertz CT molecular complexity index is 700. The third-order valence-electron chi connectivity index (χ3n) is 4.46. The molecular weight excluding hydrogens is 358 g/mol. The number of piperidine rings is 1. The summed E-state index contributed by atoms with van der Waals surface area (Å²) in [6, 6.07) is 3.11. The molecule has 0 atom stereocenters. The lowest BCUT2D eigenvalue weighted by Gasteiger charge is -2.30. The first-order chi connectivity index (χ1) is 12.4. The number of carbonyl (C=O) groups is 2. The van der Waals surface area contributed by atoms with Gasteiger partial charge in [-0.15, -0.1) is 0 Å². The molecule has 1 aromatic rings. The van der Waals surface area contributed by atoms with Crippen molar-refractivity contribution in [2.75, 3.05) is 19.6 Å². The van der Waals surface area contributed by atoms with Gasteiger partial charge < -0.3 is 10.4 Å². The number of unbranched alkanes of at least 4 members (excludes halogenated alkanes) is 2. The fourth-order valence-electron chi connectivity index (χ4n) is 2.94. The minimum atomic E-state index is -3.55. The number of hydrogen-bond acceptors (Lipinski definition) is 5. The Morgan fingerprint density at radius 3 is 2.58 bits per heavy atom. The molecule has 1 fully saturated rings. The van der Waals surface area contributed by atoms with Gasteiger partial charge in [0.15, 0.2) is 0 Å². The van der Waals surface area contributed by atoms with Gasteiger partial charge in [-0.1, -0.05) is 6.42 Å². The highest BCUT2D eigenvalue weighted by Crippen LogP contribution is 2.23. The molecule has 0 bridgehead atoms. The van der Waals surface area contributed by atoms with Crippen LogP contribution in [0.25, 0.3) is 0 Å². The number of hydrogen-bond donors (Lipinski definition) is 2. The zero-order valence-corrected chi connectivity index (χ0v) is 15.5. The Kier molecular flexibility index (Phi) is 7.52. The summed E-state index contributed by atoms with van der Waals surface area (Å²) in [5, 5.41) is 11.4. The van der Waals surface area contributed by atoms with Gasteiger partial charge in [-0.25, -0.2) is 8.42 Å². The Hall–Kier alpha value is -2.00. The maximum Gasteiger partial charge on any atom is 0.303 e. The molecule has 0 radical (unpaired) electrons. The van der Waals surface area contributed by atoms with Gasteiger partial charge in [-0.3, -0.25) is 14.6 Å². The highest BCUT2D eigenvalue weighted by molar-refractivity contribution is 7.89. The van der Waals surface area contributed by atoms with Gasteiger partial charge in [0.05, 0.1) is 0 Å². The van der Waals surface area contributed by atoms with Crippen LogP contribution in [0.3, 0.4) is 0 Å². The zero-order valence-electron chi connectivity index (χ0n) is 14.6. The van der Waals surface area contributed by atoms with Crippen LogP contribution in [0.2, 0.25) is 0 Å². The van der Waals surface area contributed by atoms with Gasteiger partial charge >= 0.3 is 5.97 Å². The molecule has 2 heterocycles. The molecule has 1 saturated heterocycles. The summed E-state index contributed by atoms with van der Waals surface area (Å²) in [6.07, 6.45) is 6.10. The van der Waals surface area contributed by atoms with Crippen molar-refractivity contribution < 1.29 is 23.1 Å². The number of nitrogens with one attached hydrogen (secondary N) is 1. The topological polar surface area (TPSA) is 117 Å². The van der Waals surface area contributed by atoms with E-state index in [9.17, 15) is 18.0 Å². The Labute approximate surface area is 153 Å². The highest BCUT2D eigenvalue weighted by atomic mass is 32.2. The monoisotopic (exact) mass is 383 g/mol. The second kappa shape index (κ2) is 9.63. The third-order valence-corrected chi connectivity index (χ3v) is 6.35. The molecule has 144 valence electrons. The average Bonchev–Trinajstić information content (AvgIpc) is 2.65. The van der Waals surface area contributed by atoms with E-state index in [1.807, 2.05) is 0 Å². The van der Waals surface area contributed by atoms with E-state index >= 15 is 0 Å². The number of rotatable bonds is 9. The molecule has 0 saturated carbocycles. The van der Waals surface area contributed by atoms with Crippen molar-refractivity contribution in [3.63, 3.8) is 0 Å². The average molecular weight is 383 g/mol. The number of carbonyl (C=O) groups excluding carboxylic acids is 1. The van der Waals surface area contributed by atoms with Crippen molar-refractivity contribution in [1.29, 1.82) is 0 Å². The summed E-state index contributed by atoms with van der Waals surface area (Å²) in [6.45, 7) is 1.15. The fourth-order valence-corrected chi connectivity index (χ4v) is 4.38. The molecule has 26 heavy (non-hydrogen) atoms. The lowest BCUT2D eigenvalue weighted by atomic mass is 9.97. The number of amides is 1. The number of aromatic nitrogens is 1. The predicted octanol–water partition coefficient (Wildman–Crippen LogP) is 1.24. The molecule has 2 N–H and O–H groups in total. The quantitative estimate of drug-likeness (QED) is 0.620. The second-order valence-electron chi connectivity index (χ2n) is 6.36. The lowest BCUT2D eigenvalue weighted by Crippen LogP contribution is -2.43. The van der Waals surface area contributed by atoms with E-state index in [1.54, 1.807) is 6.07 Å². The predicted molar refractivity (Wildman–Crippen MR) is 94.8 cm³/mol. The van der Waals surface area contributed by atoms with Crippen LogP contribution in [0.4, 0.5) is 0 Å². The summed E-state index contributed by atoms with van der Waals surface area (Å²) in [7, 11) is -3.55. The first-order valence-corrected chi connectivity index (χ1v) is 10.2. The maximum absolute atomic E-state index is 12.5. The van der Waals surface area contributed by atoms with E-state index in [1.165, 1.54) is 22.8 Å². The van der Waals surface area contributed by atoms with Crippen molar-refractivity contribution in [3.8, 4) is 0 Å². The van der Waals surface area contributed by atoms with Crippen LogP contribution in [0.5, 0.6) is 0 Å². The molecule has 1 aliphatic rings. The normalized spacial score (nSPS) is 16.3. The van der Waals surface area contributed by atoms with Crippen LogP contribution in [0.15, 0.2) is 29.4 Å². The smallest absolute Gasteiger partial charge is 0.303 e. The first kappa shape index (κ1) is 20.3. The molecule has 0 spiro atoms. The van der Waals surface area contributed by atoms with Gasteiger partial charge in [0.1, 0.15) is 4.90 Å². The number of aliphatic carboxylic acids is 1. The molecule has 0 unspecified atom stereocenters. The molecule has 1 aliphatic heterocycles. The minimum Gasteiger partial charge on any atom is -0.481 e. The third kappa shape index (κ3) is 5.77. The van der Waals surface area contributed by atoms with E-state index in [0.717, 1.165) is 12.8 Å². The molecule has 2 rings (SSSR count). The van der Waals surface area contributed by atoms with Crippen LogP contribution in [-0.4, -0.2) is 54.3 Å². The van der Waals surface area contributed by atoms with E-state index in [0.29, 0.717) is 38.9 Å². The molecule has 1 amide bonds. The number of carboxylic acid groups (broad SMARTS) is 1. The summed E-state index contributed by atoms with van der Waals surface area (Å²) in [5.74, 6) is -1.04. The Morgan fingerprint density at radius 2 is 1.96 bits per heavy atom. The van der Waals surface area contributed by atoms with Crippen molar-refractivity contribution in [1.82, 2.24) is 14.6 Å². The minimum absolute atomic E-state index is 0.0540. The van der Waals surface area contributed by atoms with Crippen molar-refractivity contribution in [2.45, 2.75) is 43.4 Å². The lowest BCUT2D eigenvalue weighted by molar-refractivity contribution is -0.137. The maximum atomic E-state index is 12.5. The fraction of sp³-hybridized carbons (Fsp3) is 0.588. The number of pyridine rings is 1. The van der Waals surface area contributed by atoms with Crippen molar-refractivity contribution >= 4 is 21.9 Å². The van der Waals surface area contributed by atoms with E-state index < -0.39 is 16.0 Å². The largest absolute Gasteiger partial charge is 0.481 e. The molecule has 9 heteroatoms. The number of sulfonamides is 1. The Balaban J connectivity index is 1.72. The highest BCUT2D eigenvalue weighted by Gasteiger charge is 2.31. The zero-order chi connectivity index (χ0) is 19.0. The van der Waals surface area contributed by atoms with Crippen molar-refractivity contribution in [2.24, 2.45) is 5.92 Å². The van der Waals surface area contributed by atoms with Gasteiger partial charge in [0.25, 0.3) is 0 Å². The van der Waals surface area contributed by atoms with Gasteiger partial charge in [0, 0.05) is 44.4 Å². The van der Waals surface area contributed by atoms with Crippen molar-refractivity contribution in [3.05, 3.63) is 24.5 Å². The van der Waals surface area contributed by atoms with E-state index in [4.69, 9.17) is 5.11 Å². The molecule has 1 aromatic heterocycles. The summed E-state index contributed by atoms with van der Waals surface area (Å²) in [4.78, 5) is 26.6. The van der Waals surface area contributed by atoms with Gasteiger partial charge in [-0.2, -0.15) is 4.31 Å². The van der Waals surface area contributed by atoms with Crippen LogP contribution >= 0.6 is 0 Å². The molecule has 0 aromatic carbocycles. The molecular formula is C17H25N3O5S. The summed E-state index contributed by atoms with van der Waals surface area (Å²) in [5.41, 5.74) is 0. The summed E-state index contributed by atoms with van der Waals surface area (Å²) < 4.78 is 26.5. The summed E-state index contributed by atoms with van der Waals surface area (Å²) >= 11 is 0. The van der Waals surface area contributed by atoms with Gasteiger partial charge in [0.2, 0.25) is 15.9 Å². The van der Waals surface area contributed by atoms with E-state index in [-0.39, 0.29) is 23.1 Å². The number of nitrogens with zero attached hydrogens (tertiary/aromatic N) is 2. The van der Waals surface area contributed by atoms with Crippen LogP contribution in [0, 0.1) is 5.92 Å². The number of carboxylic acids is 1. The van der Waals surface area contributed by atoms with Crippen LogP contribution < -0.4 is 5.32 Å².